The molecular weight excluding hydrogens is 258 g/mol. The Balaban J connectivity index is 1.68. The van der Waals surface area contributed by atoms with Crippen molar-refractivity contribution in [1.82, 2.24) is 9.80 Å². The minimum absolute atomic E-state index is 0.284. The Morgan fingerprint density at radius 2 is 1.67 bits per heavy atom. The zero-order valence-electron chi connectivity index (χ0n) is 13.9. The van der Waals surface area contributed by atoms with Crippen molar-refractivity contribution in [3.05, 3.63) is 35.9 Å². The van der Waals surface area contributed by atoms with Crippen LogP contribution in [0.1, 0.15) is 32.8 Å². The minimum Gasteiger partial charge on any atom is -0.327 e. The summed E-state index contributed by atoms with van der Waals surface area (Å²) in [4.78, 5) is 5.09. The first-order valence-corrected chi connectivity index (χ1v) is 8.22. The van der Waals surface area contributed by atoms with Crippen LogP contribution < -0.4 is 5.73 Å². The van der Waals surface area contributed by atoms with E-state index in [1.54, 1.807) is 0 Å². The molecule has 3 heteroatoms. The maximum Gasteiger partial charge on any atom is 0.0171 e. The molecule has 21 heavy (non-hydrogen) atoms. The summed E-state index contributed by atoms with van der Waals surface area (Å²) in [5, 5.41) is 0. The minimum atomic E-state index is 0.284. The second-order valence-electron chi connectivity index (χ2n) is 7.24. The standard InChI is InChI=1S/C18H31N3/c1-18(2,3)21-13-11-20(12-14-21)15-17(19)10-9-16-7-5-4-6-8-16/h4-8,17H,9-15,19H2,1-3H3. The molecule has 1 saturated heterocycles. The summed E-state index contributed by atoms with van der Waals surface area (Å²) in [5.41, 5.74) is 8.00. The maximum atomic E-state index is 6.32. The van der Waals surface area contributed by atoms with Crippen molar-refractivity contribution >= 4 is 0 Å². The fraction of sp³-hybridized carbons (Fsp3) is 0.667. The third kappa shape index (κ3) is 5.42. The van der Waals surface area contributed by atoms with Gasteiger partial charge in [0.2, 0.25) is 0 Å². The largest absolute Gasteiger partial charge is 0.327 e. The van der Waals surface area contributed by atoms with Gasteiger partial charge < -0.3 is 5.73 Å². The van der Waals surface area contributed by atoms with E-state index in [2.05, 4.69) is 60.9 Å². The summed E-state index contributed by atoms with van der Waals surface area (Å²) in [7, 11) is 0. The van der Waals surface area contributed by atoms with Crippen LogP contribution in [-0.4, -0.2) is 54.1 Å². The summed E-state index contributed by atoms with van der Waals surface area (Å²) in [6, 6.07) is 10.9. The third-order valence-electron chi connectivity index (χ3n) is 4.46. The number of aryl methyl sites for hydroxylation is 1. The van der Waals surface area contributed by atoms with Crippen molar-refractivity contribution in [2.45, 2.75) is 45.2 Å². The molecule has 3 nitrogen and oxygen atoms in total. The first-order valence-electron chi connectivity index (χ1n) is 8.22. The second-order valence-corrected chi connectivity index (χ2v) is 7.24. The Bertz CT molecular complexity index is 402. The summed E-state index contributed by atoms with van der Waals surface area (Å²) in [6.07, 6.45) is 2.16. The number of hydrogen-bond donors (Lipinski definition) is 1. The molecule has 0 radical (unpaired) electrons. The molecule has 0 bridgehead atoms. The Morgan fingerprint density at radius 3 is 2.24 bits per heavy atom. The van der Waals surface area contributed by atoms with Gasteiger partial charge in [0, 0.05) is 44.3 Å². The summed E-state index contributed by atoms with van der Waals surface area (Å²) in [6.45, 7) is 12.6. The van der Waals surface area contributed by atoms with Crippen LogP contribution in [0.25, 0.3) is 0 Å². The van der Waals surface area contributed by atoms with Gasteiger partial charge in [-0.25, -0.2) is 0 Å². The van der Waals surface area contributed by atoms with Gasteiger partial charge in [0.05, 0.1) is 0 Å². The van der Waals surface area contributed by atoms with Gasteiger partial charge >= 0.3 is 0 Å². The normalized spacial score (nSPS) is 19.6. The highest BCUT2D eigenvalue weighted by molar-refractivity contribution is 5.14. The van der Waals surface area contributed by atoms with Crippen LogP contribution in [-0.2, 0) is 6.42 Å². The van der Waals surface area contributed by atoms with Gasteiger partial charge in [-0.2, -0.15) is 0 Å². The number of nitrogens with zero attached hydrogens (tertiary/aromatic N) is 2. The molecule has 1 aromatic carbocycles. The Labute approximate surface area is 130 Å². The molecule has 1 heterocycles. The molecule has 0 aromatic heterocycles. The van der Waals surface area contributed by atoms with E-state index in [9.17, 15) is 0 Å². The monoisotopic (exact) mass is 289 g/mol. The van der Waals surface area contributed by atoms with E-state index in [1.165, 1.54) is 5.56 Å². The predicted molar refractivity (Wildman–Crippen MR) is 90.5 cm³/mol. The van der Waals surface area contributed by atoms with Gasteiger partial charge in [0.1, 0.15) is 0 Å². The first kappa shape index (κ1) is 16.5. The fourth-order valence-corrected chi connectivity index (χ4v) is 3.02. The van der Waals surface area contributed by atoms with Crippen LogP contribution >= 0.6 is 0 Å². The molecule has 1 fully saturated rings. The van der Waals surface area contributed by atoms with Crippen LogP contribution in [0.4, 0.5) is 0 Å². The van der Waals surface area contributed by atoms with Gasteiger partial charge in [0.15, 0.2) is 0 Å². The fourth-order valence-electron chi connectivity index (χ4n) is 3.02. The Kier molecular flexibility index (Phi) is 5.80. The van der Waals surface area contributed by atoms with Crippen LogP contribution in [0.2, 0.25) is 0 Å². The third-order valence-corrected chi connectivity index (χ3v) is 4.46. The number of piperazine rings is 1. The van der Waals surface area contributed by atoms with Crippen molar-refractivity contribution in [1.29, 1.82) is 0 Å². The molecule has 0 spiro atoms. The molecule has 1 aromatic rings. The lowest BCUT2D eigenvalue weighted by atomic mass is 10.0. The Hall–Kier alpha value is -0.900. The molecule has 1 aliphatic rings. The average Bonchev–Trinajstić information content (AvgIpc) is 2.46. The van der Waals surface area contributed by atoms with Crippen molar-refractivity contribution < 1.29 is 0 Å². The number of nitrogens with two attached hydrogens (primary N) is 1. The lowest BCUT2D eigenvalue weighted by Crippen LogP contribution is -2.55. The highest BCUT2D eigenvalue weighted by atomic mass is 15.3. The van der Waals surface area contributed by atoms with Gasteiger partial charge in [-0.1, -0.05) is 30.3 Å². The van der Waals surface area contributed by atoms with Crippen LogP contribution in [0.3, 0.4) is 0 Å². The molecule has 0 amide bonds. The second kappa shape index (κ2) is 7.39. The van der Waals surface area contributed by atoms with E-state index in [4.69, 9.17) is 5.73 Å². The zero-order chi connectivity index (χ0) is 15.3. The van der Waals surface area contributed by atoms with Gasteiger partial charge in [0.25, 0.3) is 0 Å². The molecular formula is C18H31N3. The average molecular weight is 289 g/mol. The highest BCUT2D eigenvalue weighted by Crippen LogP contribution is 2.16. The number of benzene rings is 1. The quantitative estimate of drug-likeness (QED) is 0.903. The molecule has 2 rings (SSSR count). The lowest BCUT2D eigenvalue weighted by molar-refractivity contribution is 0.0595. The highest BCUT2D eigenvalue weighted by Gasteiger charge is 2.26. The van der Waals surface area contributed by atoms with Crippen LogP contribution in [0.15, 0.2) is 30.3 Å². The number of hydrogen-bond acceptors (Lipinski definition) is 3. The van der Waals surface area contributed by atoms with Crippen molar-refractivity contribution in [2.24, 2.45) is 5.73 Å². The molecule has 118 valence electrons. The SMILES string of the molecule is CC(C)(C)N1CCN(CC(N)CCc2ccccc2)CC1. The summed E-state index contributed by atoms with van der Waals surface area (Å²) < 4.78 is 0. The van der Waals surface area contributed by atoms with Crippen molar-refractivity contribution in [3.8, 4) is 0 Å². The van der Waals surface area contributed by atoms with E-state index < -0.39 is 0 Å². The van der Waals surface area contributed by atoms with Crippen molar-refractivity contribution in [2.75, 3.05) is 32.7 Å². The first-order chi connectivity index (χ1) is 9.95. The van der Waals surface area contributed by atoms with Crippen LogP contribution in [0, 0.1) is 0 Å². The predicted octanol–water partition coefficient (Wildman–Crippen LogP) is 2.36. The summed E-state index contributed by atoms with van der Waals surface area (Å²) >= 11 is 0. The van der Waals surface area contributed by atoms with Crippen molar-refractivity contribution in [3.63, 3.8) is 0 Å². The zero-order valence-corrected chi connectivity index (χ0v) is 13.9. The number of rotatable bonds is 5. The molecule has 0 saturated carbocycles. The van der Waals surface area contributed by atoms with E-state index in [0.717, 1.165) is 45.6 Å². The molecule has 1 aliphatic heterocycles. The molecule has 1 unspecified atom stereocenters. The van der Waals surface area contributed by atoms with E-state index >= 15 is 0 Å². The molecule has 2 N–H and O–H groups in total. The van der Waals surface area contributed by atoms with Gasteiger partial charge in [-0.15, -0.1) is 0 Å². The lowest BCUT2D eigenvalue weighted by Gasteiger charge is -2.42. The topological polar surface area (TPSA) is 32.5 Å². The van der Waals surface area contributed by atoms with Gasteiger partial charge in [-0.05, 0) is 39.2 Å². The van der Waals surface area contributed by atoms with E-state index in [1.807, 2.05) is 0 Å². The molecule has 0 aliphatic carbocycles. The molecule has 1 atom stereocenters. The maximum absolute atomic E-state index is 6.32. The smallest absolute Gasteiger partial charge is 0.0171 e. The van der Waals surface area contributed by atoms with E-state index in [0.29, 0.717) is 5.54 Å². The van der Waals surface area contributed by atoms with Gasteiger partial charge in [-0.3, -0.25) is 9.80 Å². The van der Waals surface area contributed by atoms with Crippen LogP contribution in [0.5, 0.6) is 0 Å². The Morgan fingerprint density at radius 1 is 1.05 bits per heavy atom. The van der Waals surface area contributed by atoms with E-state index in [-0.39, 0.29) is 6.04 Å². The summed E-state index contributed by atoms with van der Waals surface area (Å²) in [5.74, 6) is 0.